The largest absolute Gasteiger partial charge is 0.480 e. The van der Waals surface area contributed by atoms with E-state index in [9.17, 15) is 14.7 Å². The average molecular weight is 309 g/mol. The average Bonchev–Trinajstić information content (AvgIpc) is 2.81. The van der Waals surface area contributed by atoms with Crippen molar-refractivity contribution in [2.45, 2.75) is 66.0 Å². The zero-order chi connectivity index (χ0) is 16.9. The summed E-state index contributed by atoms with van der Waals surface area (Å²) in [6.07, 6.45) is 2.27. The number of carboxylic acid groups (broad SMARTS) is 1. The predicted molar refractivity (Wildman–Crippen MR) is 84.9 cm³/mol. The standard InChI is InChI=1S/C16H27N3O3/c1-6-12(7-2)19-11(5)9-13(18-19)15(20)17-14(16(21)22)8-10(3)4/h9-10,12,14H,6-8H2,1-5H3,(H,17,20)(H,21,22). The number of aryl methyl sites for hydroxylation is 1. The fourth-order valence-electron chi connectivity index (χ4n) is 2.53. The van der Waals surface area contributed by atoms with Crippen molar-refractivity contribution in [2.75, 3.05) is 0 Å². The lowest BCUT2D eigenvalue weighted by Gasteiger charge is -2.16. The Balaban J connectivity index is 2.89. The molecule has 22 heavy (non-hydrogen) atoms. The Hall–Kier alpha value is -1.85. The molecule has 0 aromatic carbocycles. The molecule has 1 atom stereocenters. The fraction of sp³-hybridized carbons (Fsp3) is 0.688. The molecule has 6 heteroatoms. The normalized spacial score (nSPS) is 12.7. The summed E-state index contributed by atoms with van der Waals surface area (Å²) >= 11 is 0. The second-order valence-corrected chi connectivity index (χ2v) is 6.08. The van der Waals surface area contributed by atoms with Crippen molar-refractivity contribution >= 4 is 11.9 Å². The van der Waals surface area contributed by atoms with E-state index in [2.05, 4.69) is 24.3 Å². The zero-order valence-corrected chi connectivity index (χ0v) is 14.1. The SMILES string of the molecule is CCC(CC)n1nc(C(=O)NC(CC(C)C)C(=O)O)cc1C. The van der Waals surface area contributed by atoms with Crippen LogP contribution in [0.25, 0.3) is 0 Å². The van der Waals surface area contributed by atoms with Crippen molar-refractivity contribution in [1.82, 2.24) is 15.1 Å². The van der Waals surface area contributed by atoms with E-state index in [1.165, 1.54) is 0 Å². The van der Waals surface area contributed by atoms with E-state index in [0.29, 0.717) is 6.42 Å². The van der Waals surface area contributed by atoms with Gasteiger partial charge in [0.15, 0.2) is 0 Å². The Labute approximate surface area is 131 Å². The molecule has 0 aliphatic rings. The van der Waals surface area contributed by atoms with Gasteiger partial charge in [-0.3, -0.25) is 9.48 Å². The van der Waals surface area contributed by atoms with Crippen LogP contribution < -0.4 is 5.32 Å². The second-order valence-electron chi connectivity index (χ2n) is 6.08. The van der Waals surface area contributed by atoms with Crippen LogP contribution in [0.4, 0.5) is 0 Å². The number of aromatic nitrogens is 2. The van der Waals surface area contributed by atoms with Crippen molar-refractivity contribution in [3.8, 4) is 0 Å². The number of amides is 1. The summed E-state index contributed by atoms with van der Waals surface area (Å²) in [5.74, 6) is -1.26. The first-order chi connectivity index (χ1) is 10.3. The molecule has 1 amide bonds. The molecule has 1 heterocycles. The van der Waals surface area contributed by atoms with Crippen molar-refractivity contribution in [3.63, 3.8) is 0 Å². The summed E-state index contributed by atoms with van der Waals surface area (Å²) in [7, 11) is 0. The lowest BCUT2D eigenvalue weighted by atomic mass is 10.0. The number of nitrogens with zero attached hydrogens (tertiary/aromatic N) is 2. The maximum Gasteiger partial charge on any atom is 0.326 e. The number of carbonyl (C=O) groups is 2. The summed E-state index contributed by atoms with van der Waals surface area (Å²) in [6.45, 7) is 9.92. The van der Waals surface area contributed by atoms with Gasteiger partial charge in [0.25, 0.3) is 5.91 Å². The molecule has 0 bridgehead atoms. The number of aliphatic carboxylic acids is 1. The van der Waals surface area contributed by atoms with Crippen LogP contribution >= 0.6 is 0 Å². The number of carbonyl (C=O) groups excluding carboxylic acids is 1. The molecule has 1 aromatic heterocycles. The van der Waals surface area contributed by atoms with Gasteiger partial charge in [0, 0.05) is 5.69 Å². The van der Waals surface area contributed by atoms with Crippen molar-refractivity contribution in [1.29, 1.82) is 0 Å². The molecule has 1 unspecified atom stereocenters. The second kappa shape index (κ2) is 7.96. The highest BCUT2D eigenvalue weighted by atomic mass is 16.4. The summed E-state index contributed by atoms with van der Waals surface area (Å²) in [6, 6.07) is 1.08. The van der Waals surface area contributed by atoms with Gasteiger partial charge in [-0.15, -0.1) is 0 Å². The molecule has 6 nitrogen and oxygen atoms in total. The third-order valence-corrected chi connectivity index (χ3v) is 3.75. The van der Waals surface area contributed by atoms with E-state index in [1.807, 2.05) is 25.5 Å². The van der Waals surface area contributed by atoms with Crippen LogP contribution in [0.3, 0.4) is 0 Å². The Morgan fingerprint density at radius 1 is 1.32 bits per heavy atom. The molecule has 1 aromatic rings. The molecule has 2 N–H and O–H groups in total. The van der Waals surface area contributed by atoms with Crippen LogP contribution in [0, 0.1) is 12.8 Å². The highest BCUT2D eigenvalue weighted by Gasteiger charge is 2.24. The molecule has 1 rings (SSSR count). The Kier molecular flexibility index (Phi) is 6.59. The maximum absolute atomic E-state index is 12.3. The Morgan fingerprint density at radius 3 is 2.36 bits per heavy atom. The van der Waals surface area contributed by atoms with E-state index in [-0.39, 0.29) is 17.7 Å². The molecule has 0 spiro atoms. The lowest BCUT2D eigenvalue weighted by Crippen LogP contribution is -2.41. The molecule has 0 saturated heterocycles. The van der Waals surface area contributed by atoms with Crippen LogP contribution in [-0.2, 0) is 4.79 Å². The number of hydrogen-bond donors (Lipinski definition) is 2. The van der Waals surface area contributed by atoms with E-state index in [1.54, 1.807) is 6.07 Å². The summed E-state index contributed by atoms with van der Waals surface area (Å²) in [5, 5.41) is 16.1. The first-order valence-corrected chi connectivity index (χ1v) is 7.89. The van der Waals surface area contributed by atoms with Gasteiger partial charge in [-0.05, 0) is 38.2 Å². The zero-order valence-electron chi connectivity index (χ0n) is 14.1. The monoisotopic (exact) mass is 309 g/mol. The molecular weight excluding hydrogens is 282 g/mol. The quantitative estimate of drug-likeness (QED) is 0.773. The third-order valence-electron chi connectivity index (χ3n) is 3.75. The lowest BCUT2D eigenvalue weighted by molar-refractivity contribution is -0.139. The third kappa shape index (κ3) is 4.58. The minimum Gasteiger partial charge on any atom is -0.480 e. The Morgan fingerprint density at radius 2 is 1.91 bits per heavy atom. The van der Waals surface area contributed by atoms with Crippen molar-refractivity contribution < 1.29 is 14.7 Å². The van der Waals surface area contributed by atoms with Gasteiger partial charge in [0.2, 0.25) is 0 Å². The molecule has 0 aliphatic carbocycles. The van der Waals surface area contributed by atoms with Crippen LogP contribution in [0.15, 0.2) is 6.07 Å². The van der Waals surface area contributed by atoms with Crippen LogP contribution in [0.5, 0.6) is 0 Å². The number of rotatable bonds is 8. The number of hydrogen-bond acceptors (Lipinski definition) is 3. The molecule has 0 aliphatic heterocycles. The van der Waals surface area contributed by atoms with Gasteiger partial charge in [-0.2, -0.15) is 5.10 Å². The molecule has 0 radical (unpaired) electrons. The number of carboxylic acids is 1. The van der Waals surface area contributed by atoms with Gasteiger partial charge in [0.1, 0.15) is 11.7 Å². The number of nitrogens with one attached hydrogen (secondary N) is 1. The van der Waals surface area contributed by atoms with Gasteiger partial charge >= 0.3 is 5.97 Å². The minimum absolute atomic E-state index is 0.185. The molecule has 0 saturated carbocycles. The van der Waals surface area contributed by atoms with Crippen LogP contribution in [0.1, 0.15) is 69.2 Å². The smallest absolute Gasteiger partial charge is 0.326 e. The van der Waals surface area contributed by atoms with Crippen LogP contribution in [-0.4, -0.2) is 32.8 Å². The first-order valence-electron chi connectivity index (χ1n) is 7.89. The van der Waals surface area contributed by atoms with E-state index in [0.717, 1.165) is 18.5 Å². The topological polar surface area (TPSA) is 84.2 Å². The maximum atomic E-state index is 12.3. The first kappa shape index (κ1) is 18.2. The summed E-state index contributed by atoms with van der Waals surface area (Å²) in [5.41, 5.74) is 1.19. The van der Waals surface area contributed by atoms with Crippen molar-refractivity contribution in [2.24, 2.45) is 5.92 Å². The van der Waals surface area contributed by atoms with Gasteiger partial charge < -0.3 is 10.4 Å². The highest BCUT2D eigenvalue weighted by Crippen LogP contribution is 2.18. The predicted octanol–water partition coefficient (Wildman–Crippen LogP) is 2.78. The summed E-state index contributed by atoms with van der Waals surface area (Å²) in [4.78, 5) is 23.5. The van der Waals surface area contributed by atoms with Crippen molar-refractivity contribution in [3.05, 3.63) is 17.5 Å². The van der Waals surface area contributed by atoms with Gasteiger partial charge in [-0.25, -0.2) is 4.79 Å². The highest BCUT2D eigenvalue weighted by molar-refractivity contribution is 5.95. The Bertz CT molecular complexity index is 519. The van der Waals surface area contributed by atoms with E-state index < -0.39 is 17.9 Å². The van der Waals surface area contributed by atoms with Crippen LogP contribution in [0.2, 0.25) is 0 Å². The minimum atomic E-state index is -1.02. The van der Waals surface area contributed by atoms with E-state index >= 15 is 0 Å². The van der Waals surface area contributed by atoms with Gasteiger partial charge in [-0.1, -0.05) is 27.7 Å². The molecule has 124 valence electrons. The molecular formula is C16H27N3O3. The van der Waals surface area contributed by atoms with Gasteiger partial charge in [0.05, 0.1) is 6.04 Å². The fourth-order valence-corrected chi connectivity index (χ4v) is 2.53. The molecule has 0 fully saturated rings. The summed E-state index contributed by atoms with van der Waals surface area (Å²) < 4.78 is 1.85. The van der Waals surface area contributed by atoms with E-state index in [4.69, 9.17) is 0 Å².